The third-order valence-corrected chi connectivity index (χ3v) is 3.50. The van der Waals surface area contributed by atoms with Gasteiger partial charge in [-0.25, -0.2) is 0 Å². The van der Waals surface area contributed by atoms with Crippen LogP contribution in [0.25, 0.3) is 0 Å². The average Bonchev–Trinajstić information content (AvgIpc) is 2.73. The molecule has 0 bridgehead atoms. The van der Waals surface area contributed by atoms with Crippen molar-refractivity contribution in [3.63, 3.8) is 0 Å². The van der Waals surface area contributed by atoms with Gasteiger partial charge in [-0.05, 0) is 31.4 Å². The van der Waals surface area contributed by atoms with Crippen LogP contribution >= 0.6 is 0 Å². The molecule has 0 radical (unpaired) electrons. The third-order valence-electron chi connectivity index (χ3n) is 3.50. The van der Waals surface area contributed by atoms with E-state index in [1.807, 2.05) is 50.1 Å². The minimum atomic E-state index is -0.501. The molecule has 0 aromatic heterocycles. The zero-order valence-electron chi connectivity index (χ0n) is 12.9. The molecule has 1 aliphatic heterocycles. The van der Waals surface area contributed by atoms with Crippen molar-refractivity contribution < 1.29 is 18.8 Å². The zero-order chi connectivity index (χ0) is 15.6. The van der Waals surface area contributed by atoms with Gasteiger partial charge in [-0.1, -0.05) is 18.7 Å². The Morgan fingerprint density at radius 2 is 2.19 bits per heavy atom. The second-order valence-corrected chi connectivity index (χ2v) is 5.53. The van der Waals surface area contributed by atoms with Crippen LogP contribution in [0.4, 0.5) is 5.69 Å². The van der Waals surface area contributed by atoms with Crippen LogP contribution < -0.4 is 10.4 Å². The predicted molar refractivity (Wildman–Crippen MR) is 82.5 cm³/mol. The Hall–Kier alpha value is -1.95. The molecule has 112 valence electrons. The van der Waals surface area contributed by atoms with E-state index in [4.69, 9.17) is 9.31 Å². The number of benzene rings is 1. The van der Waals surface area contributed by atoms with Crippen molar-refractivity contribution in [2.24, 2.45) is 0 Å². The SMILES string of the molecule is C=C1OB(c2cccc(N(C)CC(=O)OC)c2)OC1(C)C. The van der Waals surface area contributed by atoms with Gasteiger partial charge in [0.1, 0.15) is 12.1 Å². The fourth-order valence-corrected chi connectivity index (χ4v) is 2.02. The molecule has 0 unspecified atom stereocenters. The summed E-state index contributed by atoms with van der Waals surface area (Å²) in [6.45, 7) is 7.90. The highest BCUT2D eigenvalue weighted by Crippen LogP contribution is 2.29. The highest BCUT2D eigenvalue weighted by molar-refractivity contribution is 6.62. The molecule has 0 spiro atoms. The van der Waals surface area contributed by atoms with Crippen LogP contribution in [-0.2, 0) is 18.8 Å². The maximum absolute atomic E-state index is 11.3. The highest BCUT2D eigenvalue weighted by Gasteiger charge is 2.42. The van der Waals surface area contributed by atoms with E-state index in [-0.39, 0.29) is 12.5 Å². The van der Waals surface area contributed by atoms with Gasteiger partial charge in [0.15, 0.2) is 0 Å². The molecule has 0 atom stereocenters. The predicted octanol–water partition coefficient (Wildman–Crippen LogP) is 1.33. The smallest absolute Gasteiger partial charge is 0.534 e. The van der Waals surface area contributed by atoms with E-state index < -0.39 is 12.7 Å². The lowest BCUT2D eigenvalue weighted by molar-refractivity contribution is -0.138. The van der Waals surface area contributed by atoms with Gasteiger partial charge in [0.2, 0.25) is 0 Å². The quantitative estimate of drug-likeness (QED) is 0.618. The minimum absolute atomic E-state index is 0.185. The molecule has 0 aliphatic carbocycles. The summed E-state index contributed by atoms with van der Waals surface area (Å²) in [6.07, 6.45) is 0. The number of ether oxygens (including phenoxy) is 1. The van der Waals surface area contributed by atoms with Crippen molar-refractivity contribution in [3.05, 3.63) is 36.6 Å². The summed E-state index contributed by atoms with van der Waals surface area (Å²) >= 11 is 0. The van der Waals surface area contributed by atoms with Crippen molar-refractivity contribution in [1.29, 1.82) is 0 Å². The minimum Gasteiger partial charge on any atom is -0.534 e. The molecule has 1 fully saturated rings. The maximum atomic E-state index is 11.3. The monoisotopic (exact) mass is 289 g/mol. The Bertz CT molecular complexity index is 558. The second-order valence-electron chi connectivity index (χ2n) is 5.53. The van der Waals surface area contributed by atoms with Crippen LogP contribution in [0.3, 0.4) is 0 Å². The Morgan fingerprint density at radius 3 is 2.76 bits per heavy atom. The normalized spacial score (nSPS) is 16.6. The molecule has 1 saturated heterocycles. The molecule has 1 heterocycles. The van der Waals surface area contributed by atoms with E-state index in [0.717, 1.165) is 11.2 Å². The van der Waals surface area contributed by atoms with E-state index >= 15 is 0 Å². The summed E-state index contributed by atoms with van der Waals surface area (Å²) in [4.78, 5) is 13.1. The Morgan fingerprint density at radius 1 is 1.48 bits per heavy atom. The van der Waals surface area contributed by atoms with Crippen LogP contribution in [0.15, 0.2) is 36.6 Å². The number of hydrogen-bond acceptors (Lipinski definition) is 5. The van der Waals surface area contributed by atoms with Crippen molar-refractivity contribution in [2.45, 2.75) is 19.4 Å². The number of hydrogen-bond donors (Lipinski definition) is 0. The van der Waals surface area contributed by atoms with Crippen molar-refractivity contribution in [1.82, 2.24) is 0 Å². The van der Waals surface area contributed by atoms with Crippen LogP contribution in [0.1, 0.15) is 13.8 Å². The summed E-state index contributed by atoms with van der Waals surface area (Å²) in [5, 5.41) is 0. The van der Waals surface area contributed by atoms with Gasteiger partial charge < -0.3 is 18.9 Å². The number of esters is 1. The molecule has 0 N–H and O–H groups in total. The Balaban J connectivity index is 2.15. The fourth-order valence-electron chi connectivity index (χ4n) is 2.02. The molecular formula is C15H20BNO4. The number of nitrogens with zero attached hydrogens (tertiary/aromatic N) is 1. The largest absolute Gasteiger partial charge is 0.563 e. The molecule has 1 aromatic carbocycles. The van der Waals surface area contributed by atoms with Gasteiger partial charge in [-0.3, -0.25) is 4.79 Å². The standard InChI is InChI=1S/C15H20BNO4/c1-11-15(2,3)21-16(20-11)12-7-6-8-13(9-12)17(4)10-14(18)19-5/h6-9H,1,10H2,2-5H3. The first-order valence-corrected chi connectivity index (χ1v) is 6.75. The van der Waals surface area contributed by atoms with Gasteiger partial charge in [0.25, 0.3) is 0 Å². The van der Waals surface area contributed by atoms with Gasteiger partial charge in [0.05, 0.1) is 12.9 Å². The van der Waals surface area contributed by atoms with Crippen molar-refractivity contribution in [3.8, 4) is 0 Å². The van der Waals surface area contributed by atoms with E-state index in [9.17, 15) is 4.79 Å². The van der Waals surface area contributed by atoms with Gasteiger partial charge >= 0.3 is 13.1 Å². The lowest BCUT2D eigenvalue weighted by Crippen LogP contribution is -2.35. The van der Waals surface area contributed by atoms with E-state index in [0.29, 0.717) is 5.76 Å². The Labute approximate surface area is 125 Å². The molecule has 2 rings (SSSR count). The number of likely N-dealkylation sites (N-methyl/N-ethyl adjacent to an activating group) is 1. The van der Waals surface area contributed by atoms with Crippen LogP contribution in [0, 0.1) is 0 Å². The van der Waals surface area contributed by atoms with E-state index in [1.165, 1.54) is 7.11 Å². The summed E-state index contributed by atoms with van der Waals surface area (Å²) in [7, 11) is 2.73. The molecule has 5 nitrogen and oxygen atoms in total. The molecule has 1 aliphatic rings. The molecule has 0 saturated carbocycles. The number of anilines is 1. The lowest BCUT2D eigenvalue weighted by atomic mass is 9.79. The topological polar surface area (TPSA) is 48.0 Å². The van der Waals surface area contributed by atoms with Gasteiger partial charge in [-0.2, -0.15) is 0 Å². The summed E-state index contributed by atoms with van der Waals surface area (Å²) in [5.41, 5.74) is 1.27. The van der Waals surface area contributed by atoms with E-state index in [2.05, 4.69) is 11.3 Å². The second kappa shape index (κ2) is 5.81. The van der Waals surface area contributed by atoms with Crippen molar-refractivity contribution in [2.75, 3.05) is 25.6 Å². The molecule has 0 amide bonds. The highest BCUT2D eigenvalue weighted by atomic mass is 16.7. The summed E-state index contributed by atoms with van der Waals surface area (Å²) < 4.78 is 16.2. The number of carbonyl (C=O) groups is 1. The van der Waals surface area contributed by atoms with Gasteiger partial charge in [-0.15, -0.1) is 0 Å². The lowest BCUT2D eigenvalue weighted by Gasteiger charge is -2.19. The van der Waals surface area contributed by atoms with Crippen LogP contribution in [0.5, 0.6) is 0 Å². The average molecular weight is 289 g/mol. The maximum Gasteiger partial charge on any atom is 0.563 e. The van der Waals surface area contributed by atoms with Crippen LogP contribution in [0.2, 0.25) is 0 Å². The van der Waals surface area contributed by atoms with E-state index in [1.54, 1.807) is 0 Å². The number of methoxy groups -OCH3 is 1. The zero-order valence-corrected chi connectivity index (χ0v) is 12.9. The summed E-state index contributed by atoms with van der Waals surface area (Å²) in [5.74, 6) is 0.326. The first kappa shape index (κ1) is 15.4. The van der Waals surface area contributed by atoms with Crippen LogP contribution in [-0.4, -0.2) is 39.4 Å². The molecule has 21 heavy (non-hydrogen) atoms. The fraction of sp³-hybridized carbons (Fsp3) is 0.400. The number of rotatable bonds is 4. The molecule has 1 aromatic rings. The summed E-state index contributed by atoms with van der Waals surface area (Å²) in [6, 6.07) is 7.68. The molecular weight excluding hydrogens is 269 g/mol. The first-order valence-electron chi connectivity index (χ1n) is 6.75. The third kappa shape index (κ3) is 3.39. The molecule has 6 heteroatoms. The van der Waals surface area contributed by atoms with Crippen molar-refractivity contribution >= 4 is 24.2 Å². The first-order chi connectivity index (χ1) is 9.83. The van der Waals surface area contributed by atoms with Gasteiger partial charge in [0, 0.05) is 12.7 Å². The Kier molecular flexibility index (Phi) is 4.28. The number of carbonyl (C=O) groups excluding carboxylic acids is 1.